The van der Waals surface area contributed by atoms with Crippen LogP contribution in [0, 0.1) is 5.92 Å². The summed E-state index contributed by atoms with van der Waals surface area (Å²) in [7, 11) is 0. The third-order valence-electron chi connectivity index (χ3n) is 3.83. The molecule has 188 valence electrons. The van der Waals surface area contributed by atoms with E-state index in [4.69, 9.17) is 14.2 Å². The first-order valence-electron chi connectivity index (χ1n) is 10.1. The fourth-order valence-electron chi connectivity index (χ4n) is 1.94. The Morgan fingerprint density at radius 2 is 1.27 bits per heavy atom. The zero-order valence-electron chi connectivity index (χ0n) is 19.3. The Morgan fingerprint density at radius 3 is 1.76 bits per heavy atom. The van der Waals surface area contributed by atoms with Crippen LogP contribution >= 0.6 is 23.5 Å². The number of rotatable bonds is 14. The van der Waals surface area contributed by atoms with Crippen LogP contribution in [-0.2, 0) is 42.9 Å². The second-order valence-electron chi connectivity index (χ2n) is 6.76. The highest BCUT2D eigenvalue weighted by atomic mass is 32.2. The summed E-state index contributed by atoms with van der Waals surface area (Å²) in [5, 5.41) is -1.62. The van der Waals surface area contributed by atoms with Crippen molar-refractivity contribution in [3.63, 3.8) is 0 Å². The molecule has 0 aliphatic rings. The lowest BCUT2D eigenvalue weighted by molar-refractivity contribution is -0.152. The van der Waals surface area contributed by atoms with E-state index >= 15 is 0 Å². The van der Waals surface area contributed by atoms with Gasteiger partial charge in [-0.1, -0.05) is 13.8 Å². The number of carbonyl (C=O) groups excluding carboxylic acids is 6. The van der Waals surface area contributed by atoms with Crippen LogP contribution in [0.2, 0.25) is 0 Å². The summed E-state index contributed by atoms with van der Waals surface area (Å²) in [5.41, 5.74) is 0. The van der Waals surface area contributed by atoms with E-state index in [0.29, 0.717) is 23.5 Å². The molecule has 11 nitrogen and oxygen atoms in total. The van der Waals surface area contributed by atoms with Crippen LogP contribution < -0.4 is 0 Å². The van der Waals surface area contributed by atoms with E-state index in [-0.39, 0.29) is 31.6 Å². The van der Waals surface area contributed by atoms with E-state index in [2.05, 4.69) is 9.47 Å². The van der Waals surface area contributed by atoms with Gasteiger partial charge in [-0.3, -0.25) is 19.2 Å². The van der Waals surface area contributed by atoms with Crippen LogP contribution in [0.3, 0.4) is 0 Å². The molecule has 0 unspecified atom stereocenters. The van der Waals surface area contributed by atoms with Crippen molar-refractivity contribution in [2.75, 3.05) is 25.9 Å². The highest BCUT2D eigenvalue weighted by Crippen LogP contribution is 2.31. The van der Waals surface area contributed by atoms with Crippen molar-refractivity contribution in [3.05, 3.63) is 0 Å². The molecule has 0 N–H and O–H groups in total. The molecule has 0 amide bonds. The van der Waals surface area contributed by atoms with Gasteiger partial charge in [-0.2, -0.15) is 0 Å². The van der Waals surface area contributed by atoms with Gasteiger partial charge in [0.1, 0.15) is 5.78 Å². The van der Waals surface area contributed by atoms with Crippen LogP contribution in [0.1, 0.15) is 53.9 Å². The minimum absolute atomic E-state index is 0.0759. The molecular weight excluding hydrogens is 480 g/mol. The molecule has 0 rings (SSSR count). The molecule has 0 saturated heterocycles. The monoisotopic (exact) mass is 510 g/mol. The number of hydrogen-bond acceptors (Lipinski definition) is 13. The number of thioether (sulfide) groups is 2. The largest absolute Gasteiger partial charge is 0.466 e. The number of ketones is 1. The van der Waals surface area contributed by atoms with E-state index in [9.17, 15) is 28.8 Å². The Hall–Kier alpha value is -2.28. The molecule has 0 fully saturated rings. The summed E-state index contributed by atoms with van der Waals surface area (Å²) in [6.07, 6.45) is -0.0512. The molecule has 0 bridgehead atoms. The maximum absolute atomic E-state index is 12.8. The Balaban J connectivity index is 4.83. The summed E-state index contributed by atoms with van der Waals surface area (Å²) < 4.78 is 22.5. The first-order chi connectivity index (χ1) is 15.5. The molecule has 0 spiro atoms. The van der Waals surface area contributed by atoms with Gasteiger partial charge in [-0.05, 0) is 44.3 Å². The number of Topliss-reactive ketones (excluding diaryl/α,β-unsaturated/α-hetero) is 1. The fourth-order valence-corrected chi connectivity index (χ4v) is 3.38. The van der Waals surface area contributed by atoms with E-state index in [0.717, 1.165) is 0 Å². The lowest BCUT2D eigenvalue weighted by atomic mass is 9.97. The van der Waals surface area contributed by atoms with Crippen molar-refractivity contribution in [1.29, 1.82) is 0 Å². The Bertz CT molecular complexity index is 706. The van der Waals surface area contributed by atoms with Gasteiger partial charge < -0.3 is 23.7 Å². The molecule has 0 aliphatic carbocycles. The zero-order chi connectivity index (χ0) is 25.4. The molecule has 33 heavy (non-hydrogen) atoms. The predicted molar refractivity (Wildman–Crippen MR) is 119 cm³/mol. The van der Waals surface area contributed by atoms with E-state index in [1.54, 1.807) is 20.8 Å². The van der Waals surface area contributed by atoms with E-state index < -0.39 is 58.5 Å². The minimum Gasteiger partial charge on any atom is -0.466 e. The van der Waals surface area contributed by atoms with Gasteiger partial charge in [-0.25, -0.2) is 9.59 Å². The average Bonchev–Trinajstić information content (AvgIpc) is 2.75. The molecule has 13 heteroatoms. The molecule has 0 heterocycles. The van der Waals surface area contributed by atoms with Crippen molar-refractivity contribution in [1.82, 2.24) is 0 Å². The van der Waals surface area contributed by atoms with Crippen molar-refractivity contribution in [2.45, 2.75) is 58.6 Å². The van der Waals surface area contributed by atoms with Gasteiger partial charge in [-0.15, -0.1) is 0 Å². The average molecular weight is 511 g/mol. The van der Waals surface area contributed by atoms with Gasteiger partial charge in [0, 0.05) is 25.0 Å². The Labute approximate surface area is 200 Å². The summed E-state index contributed by atoms with van der Waals surface area (Å²) in [6, 6.07) is 0. The van der Waals surface area contributed by atoms with Crippen molar-refractivity contribution in [2.24, 2.45) is 5.92 Å². The molecule has 0 saturated carbocycles. The van der Waals surface area contributed by atoms with Gasteiger partial charge in [0.15, 0.2) is 0 Å². The number of ether oxygens (including phenoxy) is 5. The van der Waals surface area contributed by atoms with Crippen LogP contribution in [0.25, 0.3) is 0 Å². The van der Waals surface area contributed by atoms with Gasteiger partial charge in [0.2, 0.25) is 13.6 Å². The topological polar surface area (TPSA) is 149 Å². The third-order valence-corrected chi connectivity index (χ3v) is 5.78. The number of hydrogen-bond donors (Lipinski definition) is 0. The molecule has 0 aliphatic heterocycles. The normalized spacial score (nSPS) is 11.7. The second-order valence-corrected chi connectivity index (χ2v) is 9.28. The summed E-state index contributed by atoms with van der Waals surface area (Å²) in [5.74, 6) is -3.32. The SMILES string of the molecule is CCOC(=O)[C@H](CSC(=O)OCOC(=O)CC)CC(=O)C(C)(C)SC(=O)OCOC(=O)CC. The number of esters is 3. The standard InChI is InChI=1S/C20H30O11S2/c1-6-15(22)28-11-30-18(25)32-10-13(17(24)27-8-3)9-14(21)20(4,5)33-19(26)31-12-29-16(23)7-2/h13H,6-12H2,1-5H3/t13-/m0/s1. The van der Waals surface area contributed by atoms with E-state index in [1.165, 1.54) is 13.8 Å². The molecule has 0 aromatic carbocycles. The maximum Gasteiger partial charge on any atom is 0.371 e. The quantitative estimate of drug-likeness (QED) is 0.191. The molecular formula is C20H30O11S2. The zero-order valence-corrected chi connectivity index (χ0v) is 21.0. The summed E-state index contributed by atoms with van der Waals surface area (Å²) in [4.78, 5) is 70.9. The Morgan fingerprint density at radius 1 is 0.758 bits per heavy atom. The summed E-state index contributed by atoms with van der Waals surface area (Å²) in [6.45, 7) is 6.67. The lowest BCUT2D eigenvalue weighted by Crippen LogP contribution is -2.34. The maximum atomic E-state index is 12.8. The molecule has 1 atom stereocenters. The van der Waals surface area contributed by atoms with Crippen LogP contribution in [0.5, 0.6) is 0 Å². The van der Waals surface area contributed by atoms with Crippen molar-refractivity contribution < 1.29 is 52.5 Å². The van der Waals surface area contributed by atoms with E-state index in [1.807, 2.05) is 0 Å². The van der Waals surface area contributed by atoms with Crippen molar-refractivity contribution in [3.8, 4) is 0 Å². The number of carbonyl (C=O) groups is 6. The lowest BCUT2D eigenvalue weighted by Gasteiger charge is -2.23. The molecule has 0 aromatic rings. The highest BCUT2D eigenvalue weighted by molar-refractivity contribution is 8.15. The van der Waals surface area contributed by atoms with Crippen molar-refractivity contribution >= 4 is 57.8 Å². The molecule has 0 radical (unpaired) electrons. The first kappa shape index (κ1) is 30.7. The first-order valence-corrected chi connectivity index (χ1v) is 11.9. The van der Waals surface area contributed by atoms with Gasteiger partial charge in [0.05, 0.1) is 17.3 Å². The fraction of sp³-hybridized carbons (Fsp3) is 0.700. The van der Waals surface area contributed by atoms with Gasteiger partial charge in [0.25, 0.3) is 0 Å². The van der Waals surface area contributed by atoms with Crippen LogP contribution in [0.15, 0.2) is 0 Å². The van der Waals surface area contributed by atoms with Crippen LogP contribution in [-0.4, -0.2) is 65.0 Å². The van der Waals surface area contributed by atoms with Crippen LogP contribution in [0.4, 0.5) is 9.59 Å². The Kier molecular flexibility index (Phi) is 15.2. The summed E-state index contributed by atoms with van der Waals surface area (Å²) >= 11 is 1.20. The predicted octanol–water partition coefficient (Wildman–Crippen LogP) is 3.46. The highest BCUT2D eigenvalue weighted by Gasteiger charge is 2.36. The minimum atomic E-state index is -1.27. The smallest absolute Gasteiger partial charge is 0.371 e. The third kappa shape index (κ3) is 13.8. The second kappa shape index (κ2) is 16.4. The van der Waals surface area contributed by atoms with Gasteiger partial charge >= 0.3 is 28.5 Å². The molecule has 0 aromatic heterocycles.